The van der Waals surface area contributed by atoms with Gasteiger partial charge in [0, 0.05) is 17.8 Å². The van der Waals surface area contributed by atoms with Crippen molar-refractivity contribution in [3.05, 3.63) is 59.8 Å². The Kier molecular flexibility index (Phi) is 4.10. The molecule has 1 aromatic carbocycles. The Bertz CT molecular complexity index is 720. The van der Waals surface area contributed by atoms with Crippen LogP contribution in [0.3, 0.4) is 0 Å². The predicted molar refractivity (Wildman–Crippen MR) is 69.3 cm³/mol. The lowest BCUT2D eigenvalue weighted by molar-refractivity contribution is 0.529. The number of nitrogens with zero attached hydrogens (tertiary/aromatic N) is 1. The first kappa shape index (κ1) is 14.5. The van der Waals surface area contributed by atoms with Crippen molar-refractivity contribution in [3.8, 4) is 0 Å². The van der Waals surface area contributed by atoms with Gasteiger partial charge < -0.3 is 0 Å². The van der Waals surface area contributed by atoms with E-state index in [2.05, 4.69) is 9.71 Å². The number of sulfonamides is 1. The van der Waals surface area contributed by atoms with Crippen LogP contribution in [0, 0.1) is 11.6 Å². The van der Waals surface area contributed by atoms with Gasteiger partial charge in [-0.05, 0) is 25.1 Å². The van der Waals surface area contributed by atoms with Crippen LogP contribution in [0.25, 0.3) is 0 Å². The van der Waals surface area contributed by atoms with E-state index < -0.39 is 32.7 Å². The molecule has 1 unspecified atom stereocenters. The highest BCUT2D eigenvalue weighted by Gasteiger charge is 2.24. The van der Waals surface area contributed by atoms with Gasteiger partial charge in [0.1, 0.15) is 5.82 Å². The summed E-state index contributed by atoms with van der Waals surface area (Å²) >= 11 is 0. The molecule has 1 N–H and O–H groups in total. The molecule has 0 aliphatic rings. The Labute approximate surface area is 115 Å². The zero-order valence-electron chi connectivity index (χ0n) is 10.5. The number of benzene rings is 1. The molecular formula is C13H12F2N2O2S. The van der Waals surface area contributed by atoms with Crippen LogP contribution in [0.15, 0.2) is 47.6 Å². The van der Waals surface area contributed by atoms with Crippen molar-refractivity contribution in [2.75, 3.05) is 0 Å². The van der Waals surface area contributed by atoms with Gasteiger partial charge in [-0.2, -0.15) is 0 Å². The van der Waals surface area contributed by atoms with Gasteiger partial charge in [0.2, 0.25) is 5.03 Å². The molecule has 0 saturated heterocycles. The van der Waals surface area contributed by atoms with E-state index in [0.29, 0.717) is 0 Å². The fourth-order valence-corrected chi connectivity index (χ4v) is 2.98. The van der Waals surface area contributed by atoms with Gasteiger partial charge in [0.25, 0.3) is 10.0 Å². The average molecular weight is 298 g/mol. The lowest BCUT2D eigenvalue weighted by Gasteiger charge is -2.15. The topological polar surface area (TPSA) is 59.1 Å². The summed E-state index contributed by atoms with van der Waals surface area (Å²) in [7, 11) is -4.16. The van der Waals surface area contributed by atoms with E-state index in [-0.39, 0.29) is 5.56 Å². The fourth-order valence-electron chi connectivity index (χ4n) is 1.75. The lowest BCUT2D eigenvalue weighted by atomic mass is 10.1. The Balaban J connectivity index is 2.30. The minimum absolute atomic E-state index is 0.174. The standard InChI is InChI=1S/C13H12F2N2O2S/c1-9(10-5-2-3-6-11(10)14)17-20(18,19)13-12(15)7-4-8-16-13/h2-9,17H,1H3. The second kappa shape index (κ2) is 5.64. The average Bonchev–Trinajstić information content (AvgIpc) is 2.38. The second-order valence-electron chi connectivity index (χ2n) is 4.15. The summed E-state index contributed by atoms with van der Waals surface area (Å²) in [6.45, 7) is 1.47. The molecule has 20 heavy (non-hydrogen) atoms. The van der Waals surface area contributed by atoms with Crippen molar-refractivity contribution in [2.24, 2.45) is 0 Å². The van der Waals surface area contributed by atoms with Crippen molar-refractivity contribution in [1.29, 1.82) is 0 Å². The highest BCUT2D eigenvalue weighted by atomic mass is 32.2. The third kappa shape index (κ3) is 3.00. The summed E-state index contributed by atoms with van der Waals surface area (Å²) in [5.74, 6) is -1.50. The summed E-state index contributed by atoms with van der Waals surface area (Å²) < 4.78 is 53.3. The monoisotopic (exact) mass is 298 g/mol. The second-order valence-corrected chi connectivity index (χ2v) is 5.78. The van der Waals surface area contributed by atoms with Crippen molar-refractivity contribution < 1.29 is 17.2 Å². The maximum absolute atomic E-state index is 13.6. The van der Waals surface area contributed by atoms with Crippen LogP contribution in [0.1, 0.15) is 18.5 Å². The molecule has 0 fully saturated rings. The van der Waals surface area contributed by atoms with Gasteiger partial charge in [-0.1, -0.05) is 18.2 Å². The van der Waals surface area contributed by atoms with Crippen LogP contribution in [0.2, 0.25) is 0 Å². The van der Waals surface area contributed by atoms with E-state index in [1.165, 1.54) is 37.4 Å². The van der Waals surface area contributed by atoms with Gasteiger partial charge in [-0.15, -0.1) is 0 Å². The molecule has 0 spiro atoms. The van der Waals surface area contributed by atoms with Crippen LogP contribution in [0.5, 0.6) is 0 Å². The van der Waals surface area contributed by atoms with Crippen LogP contribution in [-0.4, -0.2) is 13.4 Å². The molecule has 0 saturated carbocycles. The normalized spacial score (nSPS) is 13.2. The summed E-state index contributed by atoms with van der Waals surface area (Å²) in [6.07, 6.45) is 1.17. The molecule has 0 radical (unpaired) electrons. The quantitative estimate of drug-likeness (QED) is 0.943. The Hall–Kier alpha value is -1.86. The first-order valence-corrected chi connectivity index (χ1v) is 7.27. The van der Waals surface area contributed by atoms with Crippen LogP contribution >= 0.6 is 0 Å². The van der Waals surface area contributed by atoms with E-state index >= 15 is 0 Å². The molecule has 7 heteroatoms. The molecule has 1 heterocycles. The summed E-state index contributed by atoms with van der Waals surface area (Å²) in [5, 5.41) is -0.705. The molecule has 1 atom stereocenters. The van der Waals surface area contributed by atoms with Gasteiger partial charge in [-0.25, -0.2) is 26.9 Å². The smallest absolute Gasteiger partial charge is 0.241 e. The summed E-state index contributed by atoms with van der Waals surface area (Å²) in [5.41, 5.74) is 0.174. The SMILES string of the molecule is CC(NS(=O)(=O)c1ncccc1F)c1ccccc1F. The molecule has 0 aliphatic carbocycles. The van der Waals surface area contributed by atoms with Crippen molar-refractivity contribution in [1.82, 2.24) is 9.71 Å². The number of halogens is 2. The molecule has 0 bridgehead atoms. The highest BCUT2D eigenvalue weighted by Crippen LogP contribution is 2.19. The molecule has 106 valence electrons. The first-order valence-electron chi connectivity index (χ1n) is 5.79. The predicted octanol–water partition coefficient (Wildman–Crippen LogP) is 2.40. The number of aromatic nitrogens is 1. The molecule has 0 aliphatic heterocycles. The largest absolute Gasteiger partial charge is 0.261 e. The number of hydrogen-bond acceptors (Lipinski definition) is 3. The van der Waals surface area contributed by atoms with Gasteiger partial charge in [0.05, 0.1) is 0 Å². The zero-order chi connectivity index (χ0) is 14.8. The molecule has 1 aromatic heterocycles. The number of pyridine rings is 1. The number of hydrogen-bond donors (Lipinski definition) is 1. The summed E-state index contributed by atoms with van der Waals surface area (Å²) in [6, 6.07) is 7.20. The maximum Gasteiger partial charge on any atom is 0.261 e. The third-order valence-corrected chi connectivity index (χ3v) is 4.16. The first-order chi connectivity index (χ1) is 9.42. The van der Waals surface area contributed by atoms with E-state index in [9.17, 15) is 17.2 Å². The maximum atomic E-state index is 13.6. The minimum Gasteiger partial charge on any atom is -0.241 e. The van der Waals surface area contributed by atoms with Gasteiger partial charge >= 0.3 is 0 Å². The van der Waals surface area contributed by atoms with Crippen molar-refractivity contribution in [3.63, 3.8) is 0 Å². The fraction of sp³-hybridized carbons (Fsp3) is 0.154. The lowest BCUT2D eigenvalue weighted by Crippen LogP contribution is -2.28. The van der Waals surface area contributed by atoms with Crippen molar-refractivity contribution in [2.45, 2.75) is 18.0 Å². The van der Waals surface area contributed by atoms with E-state index in [4.69, 9.17) is 0 Å². The molecule has 2 aromatic rings. The molecule has 0 amide bonds. The van der Waals surface area contributed by atoms with E-state index in [0.717, 1.165) is 6.07 Å². The van der Waals surface area contributed by atoms with Crippen LogP contribution < -0.4 is 4.72 Å². The number of nitrogens with one attached hydrogen (secondary N) is 1. The van der Waals surface area contributed by atoms with Gasteiger partial charge in [0.15, 0.2) is 5.82 Å². The van der Waals surface area contributed by atoms with Gasteiger partial charge in [-0.3, -0.25) is 0 Å². The Morgan fingerprint density at radius 3 is 2.40 bits per heavy atom. The molecule has 4 nitrogen and oxygen atoms in total. The Morgan fingerprint density at radius 2 is 1.75 bits per heavy atom. The zero-order valence-corrected chi connectivity index (χ0v) is 11.4. The third-order valence-electron chi connectivity index (χ3n) is 2.68. The van der Waals surface area contributed by atoms with E-state index in [1.54, 1.807) is 6.07 Å². The summed E-state index contributed by atoms with van der Waals surface area (Å²) in [4.78, 5) is 3.50. The van der Waals surface area contributed by atoms with Crippen LogP contribution in [0.4, 0.5) is 8.78 Å². The molecular weight excluding hydrogens is 286 g/mol. The molecule has 2 rings (SSSR count). The Morgan fingerprint density at radius 1 is 1.10 bits per heavy atom. The highest BCUT2D eigenvalue weighted by molar-refractivity contribution is 7.89. The number of rotatable bonds is 4. The minimum atomic E-state index is -4.16. The van der Waals surface area contributed by atoms with E-state index in [1.807, 2.05) is 0 Å². The van der Waals surface area contributed by atoms with Crippen molar-refractivity contribution >= 4 is 10.0 Å². The van der Waals surface area contributed by atoms with Crippen LogP contribution in [-0.2, 0) is 10.0 Å².